The Bertz CT molecular complexity index is 923. The van der Waals surface area contributed by atoms with Crippen LogP contribution in [0.5, 0.6) is 0 Å². The minimum absolute atomic E-state index is 0.126. The van der Waals surface area contributed by atoms with Crippen molar-refractivity contribution in [2.45, 2.75) is 31.7 Å². The van der Waals surface area contributed by atoms with Gasteiger partial charge in [-0.3, -0.25) is 4.79 Å². The summed E-state index contributed by atoms with van der Waals surface area (Å²) in [5, 5.41) is 3.89. The van der Waals surface area contributed by atoms with Crippen molar-refractivity contribution in [3.05, 3.63) is 54.7 Å². The Kier molecular flexibility index (Phi) is 5.79. The number of rotatable bonds is 6. The molecule has 1 saturated heterocycles. The number of piperidine rings is 1. The largest absolute Gasteiger partial charge is 0.371 e. The molecule has 1 amide bonds. The molecule has 3 aromatic rings. The highest BCUT2D eigenvalue weighted by Crippen LogP contribution is 2.22. The summed E-state index contributed by atoms with van der Waals surface area (Å²) in [5.74, 6) is 1.32. The molecule has 0 spiro atoms. The zero-order valence-electron chi connectivity index (χ0n) is 16.4. The molecule has 8 heteroatoms. The van der Waals surface area contributed by atoms with E-state index in [4.69, 9.17) is 4.52 Å². The van der Waals surface area contributed by atoms with Crippen LogP contribution in [-0.2, 0) is 11.2 Å². The Labute approximate surface area is 169 Å². The topological polar surface area (TPSA) is 88.2 Å². The summed E-state index contributed by atoms with van der Waals surface area (Å²) in [5.41, 5.74) is 1.21. The van der Waals surface area contributed by atoms with Crippen molar-refractivity contribution in [2.75, 3.05) is 25.0 Å². The average molecular weight is 392 g/mol. The molecular weight excluding hydrogens is 368 g/mol. The molecule has 0 aliphatic carbocycles. The highest BCUT2D eigenvalue weighted by molar-refractivity contribution is 5.76. The van der Waals surface area contributed by atoms with E-state index in [1.807, 2.05) is 11.0 Å². The second-order valence-corrected chi connectivity index (χ2v) is 7.14. The summed E-state index contributed by atoms with van der Waals surface area (Å²) in [6, 6.07) is 12.6. The number of amides is 1. The van der Waals surface area contributed by atoms with Gasteiger partial charge >= 0.3 is 0 Å². The average Bonchev–Trinajstić information content (AvgIpc) is 3.27. The minimum Gasteiger partial charge on any atom is -0.371 e. The van der Waals surface area contributed by atoms with Crippen LogP contribution < -0.4 is 4.90 Å². The Hall–Kier alpha value is -3.29. The van der Waals surface area contributed by atoms with E-state index < -0.39 is 0 Å². The van der Waals surface area contributed by atoms with Gasteiger partial charge in [0.05, 0.1) is 0 Å². The van der Waals surface area contributed by atoms with E-state index in [0.29, 0.717) is 36.4 Å². The van der Waals surface area contributed by atoms with E-state index in [1.165, 1.54) is 5.69 Å². The van der Waals surface area contributed by atoms with Crippen LogP contribution in [0.15, 0.2) is 53.3 Å². The van der Waals surface area contributed by atoms with Crippen LogP contribution in [0.1, 0.15) is 25.2 Å². The molecule has 1 aliphatic heterocycles. The molecular formula is C21H24N6O2. The van der Waals surface area contributed by atoms with Gasteiger partial charge in [-0.2, -0.15) is 4.98 Å². The molecule has 2 aromatic heterocycles. The fourth-order valence-electron chi connectivity index (χ4n) is 3.61. The summed E-state index contributed by atoms with van der Waals surface area (Å²) >= 11 is 0. The second-order valence-electron chi connectivity index (χ2n) is 7.14. The third-order valence-corrected chi connectivity index (χ3v) is 5.31. The van der Waals surface area contributed by atoms with E-state index in [9.17, 15) is 4.79 Å². The molecule has 0 N–H and O–H groups in total. The van der Waals surface area contributed by atoms with Crippen LogP contribution in [-0.4, -0.2) is 57.1 Å². The molecule has 0 bridgehead atoms. The Balaban J connectivity index is 1.26. The fraction of sp³-hybridized carbons (Fsp3) is 0.381. The fourth-order valence-corrected chi connectivity index (χ4v) is 3.61. The quantitative estimate of drug-likeness (QED) is 0.637. The SMILES string of the molecule is CN(c1ccccc1)C1CCN(C(=O)CCc2nc(-c3ncccn3)no2)CC1. The zero-order valence-corrected chi connectivity index (χ0v) is 16.4. The lowest BCUT2D eigenvalue weighted by molar-refractivity contribution is -0.132. The van der Waals surface area contributed by atoms with Crippen molar-refractivity contribution in [2.24, 2.45) is 0 Å². The number of aromatic nitrogens is 4. The van der Waals surface area contributed by atoms with Crippen molar-refractivity contribution in [3.63, 3.8) is 0 Å². The number of carbonyl (C=O) groups is 1. The van der Waals surface area contributed by atoms with Gasteiger partial charge in [-0.05, 0) is 31.0 Å². The van der Waals surface area contributed by atoms with Crippen molar-refractivity contribution in [3.8, 4) is 11.6 Å². The molecule has 0 radical (unpaired) electrons. The summed E-state index contributed by atoms with van der Waals surface area (Å²) in [6.45, 7) is 1.54. The second kappa shape index (κ2) is 8.81. The first-order valence-corrected chi connectivity index (χ1v) is 9.86. The number of likely N-dealkylation sites (tertiary alicyclic amines) is 1. The number of hydrogen-bond donors (Lipinski definition) is 0. The van der Waals surface area contributed by atoms with Gasteiger partial charge in [0.25, 0.3) is 0 Å². The highest BCUT2D eigenvalue weighted by Gasteiger charge is 2.25. The molecule has 4 rings (SSSR count). The zero-order chi connectivity index (χ0) is 20.1. The first-order valence-electron chi connectivity index (χ1n) is 9.86. The maximum atomic E-state index is 12.6. The number of para-hydroxylation sites is 1. The van der Waals surface area contributed by atoms with Crippen molar-refractivity contribution >= 4 is 11.6 Å². The van der Waals surface area contributed by atoms with Gasteiger partial charge in [-0.25, -0.2) is 9.97 Å². The molecule has 0 atom stereocenters. The Morgan fingerprint density at radius 3 is 2.55 bits per heavy atom. The van der Waals surface area contributed by atoms with E-state index in [1.54, 1.807) is 18.5 Å². The highest BCUT2D eigenvalue weighted by atomic mass is 16.5. The van der Waals surface area contributed by atoms with Crippen LogP contribution >= 0.6 is 0 Å². The number of anilines is 1. The lowest BCUT2D eigenvalue weighted by Crippen LogP contribution is -2.45. The number of carbonyl (C=O) groups excluding carboxylic acids is 1. The van der Waals surface area contributed by atoms with Gasteiger partial charge in [0, 0.05) is 57.1 Å². The number of hydrogen-bond acceptors (Lipinski definition) is 7. The maximum absolute atomic E-state index is 12.6. The van der Waals surface area contributed by atoms with Crippen LogP contribution in [0, 0.1) is 0 Å². The minimum atomic E-state index is 0.126. The van der Waals surface area contributed by atoms with Crippen molar-refractivity contribution in [1.29, 1.82) is 0 Å². The summed E-state index contributed by atoms with van der Waals surface area (Å²) in [4.78, 5) is 29.3. The summed E-state index contributed by atoms with van der Waals surface area (Å²) < 4.78 is 5.24. The molecule has 0 unspecified atom stereocenters. The molecule has 150 valence electrons. The molecule has 1 fully saturated rings. The maximum Gasteiger partial charge on any atom is 0.240 e. The Morgan fingerprint density at radius 2 is 1.83 bits per heavy atom. The van der Waals surface area contributed by atoms with Gasteiger partial charge < -0.3 is 14.3 Å². The van der Waals surface area contributed by atoms with Crippen LogP contribution in [0.2, 0.25) is 0 Å². The van der Waals surface area contributed by atoms with Crippen LogP contribution in [0.4, 0.5) is 5.69 Å². The Morgan fingerprint density at radius 1 is 1.10 bits per heavy atom. The van der Waals surface area contributed by atoms with Gasteiger partial charge in [-0.1, -0.05) is 23.4 Å². The van der Waals surface area contributed by atoms with Crippen LogP contribution in [0.25, 0.3) is 11.6 Å². The van der Waals surface area contributed by atoms with E-state index >= 15 is 0 Å². The predicted octanol–water partition coefficient (Wildman–Crippen LogP) is 2.59. The van der Waals surface area contributed by atoms with E-state index in [0.717, 1.165) is 25.9 Å². The molecule has 8 nitrogen and oxygen atoms in total. The molecule has 1 aliphatic rings. The molecule has 29 heavy (non-hydrogen) atoms. The predicted molar refractivity (Wildman–Crippen MR) is 108 cm³/mol. The monoisotopic (exact) mass is 392 g/mol. The summed E-state index contributed by atoms with van der Waals surface area (Å²) in [7, 11) is 2.13. The first kappa shape index (κ1) is 19.0. The van der Waals surface area contributed by atoms with Gasteiger partial charge in [-0.15, -0.1) is 0 Å². The molecule has 0 saturated carbocycles. The van der Waals surface area contributed by atoms with Gasteiger partial charge in [0.1, 0.15) is 0 Å². The molecule has 1 aromatic carbocycles. The van der Waals surface area contributed by atoms with Crippen molar-refractivity contribution in [1.82, 2.24) is 25.0 Å². The van der Waals surface area contributed by atoms with E-state index in [-0.39, 0.29) is 5.91 Å². The van der Waals surface area contributed by atoms with Crippen LogP contribution in [0.3, 0.4) is 0 Å². The number of benzene rings is 1. The standard InChI is InChI=1S/C21H24N6O2/c1-26(16-6-3-2-4-7-16)17-10-14-27(15-11-17)19(28)9-8-18-24-21(25-29-18)20-22-12-5-13-23-20/h2-7,12-13,17H,8-11,14-15H2,1H3. The van der Waals surface area contributed by atoms with Crippen molar-refractivity contribution < 1.29 is 9.32 Å². The van der Waals surface area contributed by atoms with E-state index in [2.05, 4.69) is 56.3 Å². The normalized spacial score (nSPS) is 14.7. The summed E-state index contributed by atoms with van der Waals surface area (Å²) in [6.07, 6.45) is 5.96. The number of aryl methyl sites for hydroxylation is 1. The third kappa shape index (κ3) is 4.59. The lowest BCUT2D eigenvalue weighted by Gasteiger charge is -2.38. The first-order chi connectivity index (χ1) is 14.2. The molecule has 3 heterocycles. The van der Waals surface area contributed by atoms with Gasteiger partial charge in [0.2, 0.25) is 23.4 Å². The number of nitrogens with zero attached hydrogens (tertiary/aromatic N) is 6. The smallest absolute Gasteiger partial charge is 0.240 e. The third-order valence-electron chi connectivity index (χ3n) is 5.31. The lowest BCUT2D eigenvalue weighted by atomic mass is 10.0. The van der Waals surface area contributed by atoms with Gasteiger partial charge in [0.15, 0.2) is 0 Å².